The predicted octanol–water partition coefficient (Wildman–Crippen LogP) is 4.24. The predicted molar refractivity (Wildman–Crippen MR) is 108 cm³/mol. The van der Waals surface area contributed by atoms with E-state index in [1.54, 1.807) is 48.4 Å². The van der Waals surface area contributed by atoms with E-state index in [9.17, 15) is 4.79 Å². The summed E-state index contributed by atoms with van der Waals surface area (Å²) in [6.07, 6.45) is 2.02. The molecule has 0 saturated carbocycles. The van der Waals surface area contributed by atoms with E-state index in [0.29, 0.717) is 42.4 Å². The van der Waals surface area contributed by atoms with Crippen molar-refractivity contribution in [2.45, 2.75) is 13.0 Å². The Labute approximate surface area is 164 Å². The third kappa shape index (κ3) is 6.05. The SMILES string of the molecule is C=CCN(Cc1ccc(C#N)cc1)C(=O)CCNc1cc(Cl)ccc1OC. The second-order valence-corrected chi connectivity index (χ2v) is 6.33. The van der Waals surface area contributed by atoms with E-state index in [1.807, 2.05) is 12.1 Å². The number of nitriles is 1. The maximum atomic E-state index is 12.6. The van der Waals surface area contributed by atoms with Crippen LogP contribution in [0.4, 0.5) is 5.69 Å². The van der Waals surface area contributed by atoms with Gasteiger partial charge in [-0.3, -0.25) is 4.79 Å². The average molecular weight is 384 g/mol. The van der Waals surface area contributed by atoms with Crippen molar-refractivity contribution in [1.29, 1.82) is 5.26 Å². The summed E-state index contributed by atoms with van der Waals surface area (Å²) >= 11 is 6.02. The Bertz CT molecular complexity index is 828. The van der Waals surface area contributed by atoms with Gasteiger partial charge in [0.25, 0.3) is 0 Å². The second-order valence-electron chi connectivity index (χ2n) is 5.89. The molecule has 0 atom stereocenters. The van der Waals surface area contributed by atoms with Gasteiger partial charge in [-0.25, -0.2) is 0 Å². The number of rotatable bonds is 9. The molecule has 0 spiro atoms. The van der Waals surface area contributed by atoms with E-state index in [2.05, 4.69) is 18.0 Å². The molecule has 2 aromatic carbocycles. The largest absolute Gasteiger partial charge is 0.495 e. The Balaban J connectivity index is 1.95. The van der Waals surface area contributed by atoms with Crippen LogP contribution in [-0.4, -0.2) is 31.0 Å². The highest BCUT2D eigenvalue weighted by molar-refractivity contribution is 6.30. The number of anilines is 1. The summed E-state index contributed by atoms with van der Waals surface area (Å²) in [4.78, 5) is 14.3. The molecule has 0 aromatic heterocycles. The van der Waals surface area contributed by atoms with Crippen LogP contribution in [0.15, 0.2) is 55.1 Å². The molecule has 0 aliphatic rings. The number of benzene rings is 2. The molecule has 27 heavy (non-hydrogen) atoms. The molecule has 0 fully saturated rings. The summed E-state index contributed by atoms with van der Waals surface area (Å²) < 4.78 is 5.29. The Morgan fingerprint density at radius 3 is 2.70 bits per heavy atom. The first-order chi connectivity index (χ1) is 13.1. The molecule has 0 bridgehead atoms. The van der Waals surface area contributed by atoms with Crippen molar-refractivity contribution < 1.29 is 9.53 Å². The van der Waals surface area contributed by atoms with Crippen molar-refractivity contribution in [2.24, 2.45) is 0 Å². The average Bonchev–Trinajstić information content (AvgIpc) is 2.68. The molecule has 1 amide bonds. The fourth-order valence-electron chi connectivity index (χ4n) is 2.60. The van der Waals surface area contributed by atoms with Gasteiger partial charge < -0.3 is 15.0 Å². The molecule has 2 rings (SSSR count). The number of halogens is 1. The summed E-state index contributed by atoms with van der Waals surface area (Å²) in [7, 11) is 1.59. The lowest BCUT2D eigenvalue weighted by atomic mass is 10.1. The van der Waals surface area contributed by atoms with Crippen molar-refractivity contribution in [1.82, 2.24) is 4.90 Å². The van der Waals surface area contributed by atoms with E-state index in [0.717, 1.165) is 11.3 Å². The van der Waals surface area contributed by atoms with Crippen molar-refractivity contribution in [3.05, 3.63) is 71.3 Å². The lowest BCUT2D eigenvalue weighted by molar-refractivity contribution is -0.131. The zero-order valence-electron chi connectivity index (χ0n) is 15.2. The number of carbonyl (C=O) groups excluding carboxylic acids is 1. The lowest BCUT2D eigenvalue weighted by Crippen LogP contribution is -2.31. The van der Waals surface area contributed by atoms with Crippen LogP contribution in [0, 0.1) is 11.3 Å². The first-order valence-corrected chi connectivity index (χ1v) is 8.90. The van der Waals surface area contributed by atoms with Crippen molar-refractivity contribution in [3.63, 3.8) is 0 Å². The molecule has 0 heterocycles. The second kappa shape index (κ2) is 10.2. The first-order valence-electron chi connectivity index (χ1n) is 8.52. The van der Waals surface area contributed by atoms with Crippen LogP contribution in [-0.2, 0) is 11.3 Å². The van der Waals surface area contributed by atoms with Gasteiger partial charge in [-0.15, -0.1) is 6.58 Å². The number of methoxy groups -OCH3 is 1. The number of amides is 1. The molecule has 6 heteroatoms. The number of hydrogen-bond acceptors (Lipinski definition) is 4. The van der Waals surface area contributed by atoms with Crippen LogP contribution in [0.1, 0.15) is 17.5 Å². The minimum Gasteiger partial charge on any atom is -0.495 e. The maximum absolute atomic E-state index is 12.6. The van der Waals surface area contributed by atoms with Crippen LogP contribution in [0.25, 0.3) is 0 Å². The van der Waals surface area contributed by atoms with E-state index in [1.165, 1.54) is 0 Å². The van der Waals surface area contributed by atoms with Crippen LogP contribution >= 0.6 is 11.6 Å². The Morgan fingerprint density at radius 1 is 1.33 bits per heavy atom. The monoisotopic (exact) mass is 383 g/mol. The molecule has 1 N–H and O–H groups in total. The molecule has 140 valence electrons. The van der Waals surface area contributed by atoms with E-state index >= 15 is 0 Å². The minimum absolute atomic E-state index is 0.00718. The van der Waals surface area contributed by atoms with Gasteiger partial charge in [-0.1, -0.05) is 29.8 Å². The topological polar surface area (TPSA) is 65.4 Å². The number of nitrogens with one attached hydrogen (secondary N) is 1. The van der Waals surface area contributed by atoms with Gasteiger partial charge in [0.1, 0.15) is 5.75 Å². The standard InChI is InChI=1S/C21H22ClN3O2/c1-3-12-25(15-17-6-4-16(14-23)5-7-17)21(26)10-11-24-19-13-18(22)8-9-20(19)27-2/h3-9,13,24H,1,10-12,15H2,2H3. The Morgan fingerprint density at radius 2 is 2.07 bits per heavy atom. The molecule has 2 aromatic rings. The van der Waals surface area contributed by atoms with Crippen molar-refractivity contribution in [2.75, 3.05) is 25.5 Å². The molecule has 0 unspecified atom stereocenters. The van der Waals surface area contributed by atoms with Gasteiger partial charge in [0.15, 0.2) is 0 Å². The third-order valence-electron chi connectivity index (χ3n) is 3.97. The summed E-state index contributed by atoms with van der Waals surface area (Å²) in [5, 5.41) is 12.7. The summed E-state index contributed by atoms with van der Waals surface area (Å²) in [6, 6.07) is 14.6. The highest BCUT2D eigenvalue weighted by Crippen LogP contribution is 2.27. The van der Waals surface area contributed by atoms with Gasteiger partial charge in [0.05, 0.1) is 24.4 Å². The first kappa shape index (κ1) is 20.3. The van der Waals surface area contributed by atoms with Crippen molar-refractivity contribution in [3.8, 4) is 11.8 Å². The molecule has 0 aliphatic carbocycles. The molecule has 5 nitrogen and oxygen atoms in total. The normalized spacial score (nSPS) is 9.96. The highest BCUT2D eigenvalue weighted by Gasteiger charge is 2.13. The zero-order chi connectivity index (χ0) is 19.6. The summed E-state index contributed by atoms with van der Waals surface area (Å²) in [5.41, 5.74) is 2.31. The quantitative estimate of drug-likeness (QED) is 0.658. The van der Waals surface area contributed by atoms with Crippen LogP contribution in [0.5, 0.6) is 5.75 Å². The molecule has 0 saturated heterocycles. The molecular formula is C21H22ClN3O2. The summed E-state index contributed by atoms with van der Waals surface area (Å²) in [5.74, 6) is 0.681. The van der Waals surface area contributed by atoms with E-state index in [4.69, 9.17) is 21.6 Å². The highest BCUT2D eigenvalue weighted by atomic mass is 35.5. The smallest absolute Gasteiger partial charge is 0.224 e. The lowest BCUT2D eigenvalue weighted by Gasteiger charge is -2.22. The van der Waals surface area contributed by atoms with Crippen LogP contribution < -0.4 is 10.1 Å². The van der Waals surface area contributed by atoms with Gasteiger partial charge in [-0.05, 0) is 35.9 Å². The van der Waals surface area contributed by atoms with Crippen LogP contribution in [0.2, 0.25) is 5.02 Å². The number of ether oxygens (including phenoxy) is 1. The van der Waals surface area contributed by atoms with Gasteiger partial charge in [0, 0.05) is 31.1 Å². The van der Waals surface area contributed by atoms with Gasteiger partial charge in [-0.2, -0.15) is 5.26 Å². The van der Waals surface area contributed by atoms with Crippen LogP contribution in [0.3, 0.4) is 0 Å². The Kier molecular flexibility index (Phi) is 7.72. The van der Waals surface area contributed by atoms with E-state index in [-0.39, 0.29) is 5.91 Å². The Hall–Kier alpha value is -2.97. The number of nitrogens with zero attached hydrogens (tertiary/aromatic N) is 2. The molecular weight excluding hydrogens is 362 g/mol. The minimum atomic E-state index is 0.00718. The zero-order valence-corrected chi connectivity index (χ0v) is 16.0. The fraction of sp³-hybridized carbons (Fsp3) is 0.238. The molecule has 0 radical (unpaired) electrons. The van der Waals surface area contributed by atoms with Gasteiger partial charge >= 0.3 is 0 Å². The number of carbonyl (C=O) groups is 1. The van der Waals surface area contributed by atoms with Crippen molar-refractivity contribution >= 4 is 23.2 Å². The third-order valence-corrected chi connectivity index (χ3v) is 4.21. The fourth-order valence-corrected chi connectivity index (χ4v) is 2.77. The summed E-state index contributed by atoms with van der Waals surface area (Å²) in [6.45, 7) is 5.11. The van der Waals surface area contributed by atoms with Gasteiger partial charge in [0.2, 0.25) is 5.91 Å². The maximum Gasteiger partial charge on any atom is 0.224 e. The molecule has 0 aliphatic heterocycles. The van der Waals surface area contributed by atoms with E-state index < -0.39 is 0 Å². The number of hydrogen-bond donors (Lipinski definition) is 1.